The number of rotatable bonds is 4. The molecule has 1 amide bonds. The van der Waals surface area contributed by atoms with Crippen molar-refractivity contribution in [2.45, 2.75) is 0 Å². The number of carbonyl (C=O) groups is 1. The molecule has 0 radical (unpaired) electrons. The number of aromatic hydroxyl groups is 1. The summed E-state index contributed by atoms with van der Waals surface area (Å²) < 4.78 is 10.2. The molecule has 1 fully saturated rings. The molecule has 1 aromatic carbocycles. The number of benzene rings is 1. The number of methoxy groups -OCH3 is 2. The normalized spacial score (nSPS) is 13.9. The van der Waals surface area contributed by atoms with Crippen molar-refractivity contribution < 1.29 is 19.4 Å². The molecule has 1 saturated heterocycles. The molecule has 0 unspecified atom stereocenters. The third kappa shape index (κ3) is 5.49. The third-order valence-corrected chi connectivity index (χ3v) is 3.35. The van der Waals surface area contributed by atoms with Crippen LogP contribution in [0.5, 0.6) is 17.2 Å². The van der Waals surface area contributed by atoms with E-state index in [1.807, 2.05) is 0 Å². The van der Waals surface area contributed by atoms with Gasteiger partial charge in [0.2, 0.25) is 11.7 Å². The smallest absolute Gasteiger partial charge is 0.246 e. The number of piperazine rings is 1. The number of phenols is 1. The summed E-state index contributed by atoms with van der Waals surface area (Å²) >= 11 is 0. The molecule has 1 aromatic rings. The van der Waals surface area contributed by atoms with Crippen molar-refractivity contribution in [3.05, 3.63) is 23.8 Å². The van der Waals surface area contributed by atoms with Crippen molar-refractivity contribution in [3.63, 3.8) is 0 Å². The van der Waals surface area contributed by atoms with Crippen molar-refractivity contribution in [1.82, 2.24) is 10.2 Å². The van der Waals surface area contributed by atoms with Crippen LogP contribution >= 0.6 is 24.8 Å². The lowest BCUT2D eigenvalue weighted by molar-refractivity contribution is -0.126. The number of hydrogen-bond acceptors (Lipinski definition) is 5. The fourth-order valence-electron chi connectivity index (χ4n) is 2.17. The SMILES string of the molecule is COc1cc(/C=C/C(=O)N2CCNCC2)cc(OC)c1O.Cl.Cl. The summed E-state index contributed by atoms with van der Waals surface area (Å²) in [4.78, 5) is 13.8. The zero-order chi connectivity index (χ0) is 15.2. The van der Waals surface area contributed by atoms with Crippen LogP contribution in [0, 0.1) is 0 Å². The Hall–Kier alpha value is -1.63. The molecule has 1 heterocycles. The average Bonchev–Trinajstić information content (AvgIpc) is 2.54. The molecule has 1 aliphatic rings. The predicted molar refractivity (Wildman–Crippen MR) is 94.2 cm³/mol. The Bertz CT molecular complexity index is 521. The van der Waals surface area contributed by atoms with Crippen LogP contribution in [0.2, 0.25) is 0 Å². The molecular formula is C15H22Cl2N2O4. The number of hydrogen-bond donors (Lipinski definition) is 2. The van der Waals surface area contributed by atoms with E-state index in [-0.39, 0.29) is 36.5 Å². The van der Waals surface area contributed by atoms with Crippen LogP contribution in [0.15, 0.2) is 18.2 Å². The Balaban J connectivity index is 0.00000242. The maximum atomic E-state index is 12.0. The van der Waals surface area contributed by atoms with Crippen LogP contribution < -0.4 is 14.8 Å². The van der Waals surface area contributed by atoms with E-state index >= 15 is 0 Å². The summed E-state index contributed by atoms with van der Waals surface area (Å²) in [6, 6.07) is 3.30. The first-order valence-electron chi connectivity index (χ1n) is 6.78. The lowest BCUT2D eigenvalue weighted by atomic mass is 10.1. The van der Waals surface area contributed by atoms with Crippen molar-refractivity contribution in [2.24, 2.45) is 0 Å². The second-order valence-electron chi connectivity index (χ2n) is 4.68. The molecule has 23 heavy (non-hydrogen) atoms. The van der Waals surface area contributed by atoms with Gasteiger partial charge < -0.3 is 24.8 Å². The van der Waals surface area contributed by atoms with Gasteiger partial charge in [-0.25, -0.2) is 0 Å². The van der Waals surface area contributed by atoms with Crippen LogP contribution in [0.25, 0.3) is 6.08 Å². The molecule has 0 atom stereocenters. The molecule has 0 bridgehead atoms. The summed E-state index contributed by atoms with van der Waals surface area (Å²) in [6.07, 6.45) is 3.21. The summed E-state index contributed by atoms with van der Waals surface area (Å²) in [5.74, 6) is 0.542. The van der Waals surface area contributed by atoms with Gasteiger partial charge in [0.25, 0.3) is 0 Å². The number of ether oxygens (including phenoxy) is 2. The highest BCUT2D eigenvalue weighted by Gasteiger charge is 2.14. The highest BCUT2D eigenvalue weighted by Crippen LogP contribution is 2.37. The molecule has 0 aromatic heterocycles. The lowest BCUT2D eigenvalue weighted by Crippen LogP contribution is -2.45. The minimum Gasteiger partial charge on any atom is -0.502 e. The molecule has 6 nitrogen and oxygen atoms in total. The topological polar surface area (TPSA) is 71.0 Å². The van der Waals surface area contributed by atoms with Gasteiger partial charge in [0.1, 0.15) is 0 Å². The molecule has 1 aliphatic heterocycles. The molecule has 0 aliphatic carbocycles. The minimum absolute atomic E-state index is 0. The molecule has 130 valence electrons. The molecule has 0 spiro atoms. The Morgan fingerprint density at radius 2 is 1.70 bits per heavy atom. The van der Waals surface area contributed by atoms with Crippen molar-refractivity contribution >= 4 is 36.8 Å². The first-order valence-corrected chi connectivity index (χ1v) is 6.78. The lowest BCUT2D eigenvalue weighted by Gasteiger charge is -2.26. The van der Waals surface area contributed by atoms with Crippen LogP contribution in [-0.4, -0.2) is 56.3 Å². The van der Waals surface area contributed by atoms with E-state index in [0.717, 1.165) is 18.7 Å². The van der Waals surface area contributed by atoms with Crippen molar-refractivity contribution in [2.75, 3.05) is 40.4 Å². The Labute approximate surface area is 148 Å². The maximum absolute atomic E-state index is 12.0. The van der Waals surface area contributed by atoms with Crippen LogP contribution in [0.1, 0.15) is 5.56 Å². The van der Waals surface area contributed by atoms with Gasteiger partial charge in [0, 0.05) is 32.3 Å². The van der Waals surface area contributed by atoms with E-state index < -0.39 is 0 Å². The van der Waals surface area contributed by atoms with Crippen LogP contribution in [0.4, 0.5) is 0 Å². The zero-order valence-electron chi connectivity index (χ0n) is 13.1. The van der Waals surface area contributed by atoms with Gasteiger partial charge >= 0.3 is 0 Å². The summed E-state index contributed by atoms with van der Waals surface area (Å²) in [7, 11) is 2.93. The van der Waals surface area contributed by atoms with Crippen molar-refractivity contribution in [1.29, 1.82) is 0 Å². The number of halogens is 2. The first kappa shape index (κ1) is 21.4. The first-order chi connectivity index (χ1) is 10.2. The Morgan fingerprint density at radius 3 is 2.17 bits per heavy atom. The molecular weight excluding hydrogens is 343 g/mol. The van der Waals surface area contributed by atoms with E-state index in [2.05, 4.69) is 5.32 Å². The van der Waals surface area contributed by atoms with Gasteiger partial charge in [0.05, 0.1) is 14.2 Å². The highest BCUT2D eigenvalue weighted by molar-refractivity contribution is 5.92. The van der Waals surface area contributed by atoms with E-state index in [1.165, 1.54) is 20.3 Å². The Kier molecular flexibility index (Phi) is 9.48. The van der Waals surface area contributed by atoms with Gasteiger partial charge in [-0.05, 0) is 23.8 Å². The second kappa shape index (κ2) is 10.2. The number of nitrogens with one attached hydrogen (secondary N) is 1. The van der Waals surface area contributed by atoms with Gasteiger partial charge in [-0.3, -0.25) is 4.79 Å². The fourth-order valence-corrected chi connectivity index (χ4v) is 2.17. The van der Waals surface area contributed by atoms with Gasteiger partial charge in [-0.1, -0.05) is 0 Å². The van der Waals surface area contributed by atoms with E-state index in [0.29, 0.717) is 24.6 Å². The summed E-state index contributed by atoms with van der Waals surface area (Å²) in [5, 5.41) is 13.0. The molecule has 2 N–H and O–H groups in total. The summed E-state index contributed by atoms with van der Waals surface area (Å²) in [6.45, 7) is 3.07. The van der Waals surface area contributed by atoms with E-state index in [1.54, 1.807) is 23.1 Å². The number of amides is 1. The Morgan fingerprint density at radius 1 is 1.17 bits per heavy atom. The predicted octanol–water partition coefficient (Wildman–Crippen LogP) is 1.70. The number of carbonyl (C=O) groups excluding carboxylic acids is 1. The summed E-state index contributed by atoms with van der Waals surface area (Å²) in [5.41, 5.74) is 0.727. The van der Waals surface area contributed by atoms with Gasteiger partial charge in [-0.2, -0.15) is 0 Å². The standard InChI is InChI=1S/C15H20N2O4.2ClH/c1-20-12-9-11(10-13(21-2)15(12)19)3-4-14(18)17-7-5-16-6-8-17;;/h3-4,9-10,16,19H,5-8H2,1-2H3;2*1H/b4-3+;;. The number of nitrogens with zero attached hydrogens (tertiary/aromatic N) is 1. The quantitative estimate of drug-likeness (QED) is 0.795. The second-order valence-corrected chi connectivity index (χ2v) is 4.68. The maximum Gasteiger partial charge on any atom is 0.246 e. The zero-order valence-corrected chi connectivity index (χ0v) is 14.7. The van der Waals surface area contributed by atoms with Crippen LogP contribution in [0.3, 0.4) is 0 Å². The van der Waals surface area contributed by atoms with Crippen molar-refractivity contribution in [3.8, 4) is 17.2 Å². The third-order valence-electron chi connectivity index (χ3n) is 3.35. The van der Waals surface area contributed by atoms with Crippen LogP contribution in [-0.2, 0) is 4.79 Å². The number of phenolic OH excluding ortho intramolecular Hbond substituents is 1. The average molecular weight is 365 g/mol. The van der Waals surface area contributed by atoms with E-state index in [4.69, 9.17) is 9.47 Å². The largest absolute Gasteiger partial charge is 0.502 e. The fraction of sp³-hybridized carbons (Fsp3) is 0.400. The minimum atomic E-state index is -0.0504. The molecule has 2 rings (SSSR count). The van der Waals surface area contributed by atoms with Gasteiger partial charge in [-0.15, -0.1) is 24.8 Å². The molecule has 0 saturated carbocycles. The van der Waals surface area contributed by atoms with E-state index in [9.17, 15) is 9.90 Å². The van der Waals surface area contributed by atoms with Gasteiger partial charge in [0.15, 0.2) is 11.5 Å². The highest BCUT2D eigenvalue weighted by atomic mass is 35.5. The molecule has 8 heteroatoms. The monoisotopic (exact) mass is 364 g/mol.